The predicted octanol–water partition coefficient (Wildman–Crippen LogP) is -0.586. The van der Waals surface area contributed by atoms with Gasteiger partial charge in [-0.05, 0) is 6.42 Å². The summed E-state index contributed by atoms with van der Waals surface area (Å²) in [5.74, 6) is 0. The fraction of sp³-hybridized carbons (Fsp3) is 0.857. The first-order valence-corrected chi connectivity index (χ1v) is 5.69. The average molecular weight is 222 g/mol. The minimum Gasteiger partial charge on any atom is -0.379 e. The Labute approximate surface area is 85.9 Å². The summed E-state index contributed by atoms with van der Waals surface area (Å²) in [4.78, 5) is 11.7. The Bertz CT molecular complexity index is 156. The Morgan fingerprint density at radius 1 is 1.21 bits per heavy atom. The van der Waals surface area contributed by atoms with Crippen LogP contribution in [0.25, 0.3) is 0 Å². The zero-order valence-corrected chi connectivity index (χ0v) is 10.0. The number of hydrogen-bond acceptors (Lipinski definition) is 4. The molecule has 0 aromatic carbocycles. The molecule has 0 aromatic heterocycles. The molecule has 0 saturated carbocycles. The maximum absolute atomic E-state index is 10.1. The Morgan fingerprint density at radius 3 is 1.64 bits per heavy atom. The summed E-state index contributed by atoms with van der Waals surface area (Å²) in [6, 6.07) is -0.286. The molecule has 1 aliphatic rings. The van der Waals surface area contributed by atoms with Crippen molar-refractivity contribution in [2.24, 2.45) is 5.73 Å². The van der Waals surface area contributed by atoms with E-state index >= 15 is 0 Å². The highest BCUT2D eigenvalue weighted by Crippen LogP contribution is 2.02. The molecule has 2 N–H and O–H groups in total. The van der Waals surface area contributed by atoms with Crippen LogP contribution in [0.4, 0.5) is 4.79 Å². The largest absolute Gasteiger partial charge is 0.483 e. The highest BCUT2D eigenvalue weighted by atomic mass is 28.3. The topological polar surface area (TPSA) is 74.0 Å². The van der Waals surface area contributed by atoms with Gasteiger partial charge in [-0.1, -0.05) is 0 Å². The van der Waals surface area contributed by atoms with E-state index in [2.05, 4.69) is 0 Å². The minimum absolute atomic E-state index is 0.286. The fourth-order valence-electron chi connectivity index (χ4n) is 0.825. The molecule has 7 heteroatoms. The van der Waals surface area contributed by atoms with Crippen molar-refractivity contribution in [3.63, 3.8) is 0 Å². The quantitative estimate of drug-likeness (QED) is 0.648. The smallest absolute Gasteiger partial charge is 0.379 e. The summed E-state index contributed by atoms with van der Waals surface area (Å²) in [7, 11) is 3.05. The standard InChI is InChI=1S/C4H8N2O.C3H10O3Si/c5-4(7)6-2-1-3-6;1-4-7(5-2)6-3/h1-3H2,(H2,5,7);7H,1-3H3. The first kappa shape index (κ1) is 13.4. The van der Waals surface area contributed by atoms with Crippen LogP contribution in [0.3, 0.4) is 0 Å². The maximum Gasteiger partial charge on any atom is 0.483 e. The molecular formula is C7H18N2O4Si. The van der Waals surface area contributed by atoms with E-state index in [0.29, 0.717) is 0 Å². The number of primary amides is 1. The van der Waals surface area contributed by atoms with E-state index in [0.717, 1.165) is 19.5 Å². The van der Waals surface area contributed by atoms with Gasteiger partial charge in [-0.3, -0.25) is 0 Å². The molecule has 6 nitrogen and oxygen atoms in total. The molecule has 0 spiro atoms. The van der Waals surface area contributed by atoms with Gasteiger partial charge in [0, 0.05) is 34.4 Å². The molecule has 84 valence electrons. The van der Waals surface area contributed by atoms with Crippen molar-refractivity contribution < 1.29 is 18.1 Å². The van der Waals surface area contributed by atoms with Crippen molar-refractivity contribution in [1.82, 2.24) is 4.90 Å². The van der Waals surface area contributed by atoms with E-state index in [1.807, 2.05) is 0 Å². The third-order valence-electron chi connectivity index (χ3n) is 1.75. The van der Waals surface area contributed by atoms with E-state index in [-0.39, 0.29) is 6.03 Å². The van der Waals surface area contributed by atoms with Gasteiger partial charge >= 0.3 is 15.6 Å². The highest BCUT2D eigenvalue weighted by molar-refractivity contribution is 6.36. The lowest BCUT2D eigenvalue weighted by Crippen LogP contribution is -2.45. The number of carbonyl (C=O) groups is 1. The van der Waals surface area contributed by atoms with Gasteiger partial charge in [0.1, 0.15) is 0 Å². The van der Waals surface area contributed by atoms with Gasteiger partial charge in [-0.25, -0.2) is 4.79 Å². The lowest BCUT2D eigenvalue weighted by molar-refractivity contribution is 0.163. The van der Waals surface area contributed by atoms with Gasteiger partial charge < -0.3 is 23.9 Å². The lowest BCUT2D eigenvalue weighted by Gasteiger charge is -2.28. The molecular weight excluding hydrogens is 204 g/mol. The SMILES string of the molecule is CO[SiH](OC)OC.NC(=O)N1CCC1. The zero-order chi connectivity index (χ0) is 11.0. The van der Waals surface area contributed by atoms with Crippen LogP contribution in [-0.4, -0.2) is 54.9 Å². The zero-order valence-electron chi connectivity index (χ0n) is 8.86. The van der Waals surface area contributed by atoms with Crippen LogP contribution < -0.4 is 5.73 Å². The third-order valence-corrected chi connectivity index (χ3v) is 2.90. The molecule has 1 aliphatic heterocycles. The van der Waals surface area contributed by atoms with E-state index in [9.17, 15) is 4.79 Å². The summed E-state index contributed by atoms with van der Waals surface area (Å²) in [5.41, 5.74) is 4.88. The van der Waals surface area contributed by atoms with E-state index in [4.69, 9.17) is 19.0 Å². The minimum atomic E-state index is -1.67. The first-order chi connectivity index (χ1) is 6.65. The second-order valence-corrected chi connectivity index (χ2v) is 4.67. The second kappa shape index (κ2) is 7.74. The maximum atomic E-state index is 10.1. The van der Waals surface area contributed by atoms with E-state index < -0.39 is 9.53 Å². The molecule has 0 atom stereocenters. The Balaban J connectivity index is 0.000000241. The van der Waals surface area contributed by atoms with Crippen molar-refractivity contribution in [3.05, 3.63) is 0 Å². The molecule has 2 amide bonds. The van der Waals surface area contributed by atoms with Crippen LogP contribution >= 0.6 is 0 Å². The summed E-state index contributed by atoms with van der Waals surface area (Å²) < 4.78 is 14.2. The van der Waals surface area contributed by atoms with Crippen LogP contribution in [0.15, 0.2) is 0 Å². The average Bonchev–Trinajstić information content (AvgIpc) is 2.04. The van der Waals surface area contributed by atoms with Gasteiger partial charge in [0.2, 0.25) is 0 Å². The van der Waals surface area contributed by atoms with Crippen molar-refractivity contribution in [2.45, 2.75) is 6.42 Å². The van der Waals surface area contributed by atoms with Crippen molar-refractivity contribution in [1.29, 1.82) is 0 Å². The van der Waals surface area contributed by atoms with E-state index in [1.54, 1.807) is 26.2 Å². The number of hydrogen-bond donors (Lipinski definition) is 1. The molecule has 0 aliphatic carbocycles. The number of urea groups is 1. The van der Waals surface area contributed by atoms with Gasteiger partial charge in [0.25, 0.3) is 0 Å². The molecule has 0 aromatic rings. The number of rotatable bonds is 3. The van der Waals surface area contributed by atoms with E-state index in [1.165, 1.54) is 0 Å². The van der Waals surface area contributed by atoms with Crippen LogP contribution in [0, 0.1) is 0 Å². The molecule has 1 fully saturated rings. The second-order valence-electron chi connectivity index (χ2n) is 2.67. The van der Waals surface area contributed by atoms with Crippen molar-refractivity contribution >= 4 is 15.6 Å². The number of nitrogens with two attached hydrogens (primary N) is 1. The number of amides is 2. The fourth-order valence-corrected chi connectivity index (χ4v) is 1.40. The predicted molar refractivity (Wildman–Crippen MR) is 53.9 cm³/mol. The summed E-state index contributed by atoms with van der Waals surface area (Å²) >= 11 is 0. The van der Waals surface area contributed by atoms with Crippen LogP contribution in [0.1, 0.15) is 6.42 Å². The highest BCUT2D eigenvalue weighted by Gasteiger charge is 2.15. The van der Waals surface area contributed by atoms with Crippen LogP contribution in [0.2, 0.25) is 0 Å². The van der Waals surface area contributed by atoms with Crippen molar-refractivity contribution in [2.75, 3.05) is 34.4 Å². The summed E-state index contributed by atoms with van der Waals surface area (Å²) in [6.07, 6.45) is 1.11. The molecule has 14 heavy (non-hydrogen) atoms. The third kappa shape index (κ3) is 5.17. The molecule has 1 saturated heterocycles. The first-order valence-electron chi connectivity index (χ1n) is 4.28. The van der Waals surface area contributed by atoms with Crippen molar-refractivity contribution in [3.8, 4) is 0 Å². The monoisotopic (exact) mass is 222 g/mol. The van der Waals surface area contributed by atoms with Crippen LogP contribution in [-0.2, 0) is 13.3 Å². The summed E-state index contributed by atoms with van der Waals surface area (Å²) in [6.45, 7) is 1.71. The lowest BCUT2D eigenvalue weighted by atomic mass is 10.2. The Hall–Kier alpha value is -0.633. The number of nitrogens with zero attached hydrogens (tertiary/aromatic N) is 1. The molecule has 0 bridgehead atoms. The van der Waals surface area contributed by atoms with Gasteiger partial charge in [-0.15, -0.1) is 0 Å². The molecule has 0 unspecified atom stereocenters. The van der Waals surface area contributed by atoms with Gasteiger partial charge in [0.05, 0.1) is 0 Å². The van der Waals surface area contributed by atoms with Gasteiger partial charge in [0.15, 0.2) is 0 Å². The molecule has 1 heterocycles. The molecule has 0 radical (unpaired) electrons. The molecule has 1 rings (SSSR count). The summed E-state index contributed by atoms with van der Waals surface area (Å²) in [5, 5.41) is 0. The number of carbonyl (C=O) groups excluding carboxylic acids is 1. The number of likely N-dealkylation sites (tertiary alicyclic amines) is 1. The Morgan fingerprint density at radius 2 is 1.64 bits per heavy atom. The normalized spacial score (nSPS) is 14.4. The van der Waals surface area contributed by atoms with Crippen LogP contribution in [0.5, 0.6) is 0 Å². The van der Waals surface area contributed by atoms with Gasteiger partial charge in [-0.2, -0.15) is 0 Å². The Kier molecular flexibility index (Phi) is 7.39.